The fourth-order valence-electron chi connectivity index (χ4n) is 2.58. The Hall–Kier alpha value is -0.580. The molecule has 96 valence electrons. The number of piperidine rings is 1. The van der Waals surface area contributed by atoms with Gasteiger partial charge in [-0.2, -0.15) is 5.10 Å². The Morgan fingerprint density at radius 3 is 2.59 bits per heavy atom. The van der Waals surface area contributed by atoms with Gasteiger partial charge in [0, 0.05) is 19.1 Å². The fourth-order valence-corrected chi connectivity index (χ4v) is 2.80. The first-order valence-electron chi connectivity index (χ1n) is 6.07. The van der Waals surface area contributed by atoms with Crippen LogP contribution in [0.2, 0.25) is 5.02 Å². The first-order chi connectivity index (χ1) is 8.08. The molecule has 0 amide bonds. The number of aromatic nitrogens is 2. The molecule has 0 radical (unpaired) electrons. The fraction of sp³-hybridized carbons (Fsp3) is 0.750. The summed E-state index contributed by atoms with van der Waals surface area (Å²) in [4.78, 5) is 0. The molecule has 0 atom stereocenters. The lowest BCUT2D eigenvalue weighted by Gasteiger charge is -2.36. The Balaban J connectivity index is 2.23. The molecule has 1 aliphatic heterocycles. The molecule has 0 spiro atoms. The Morgan fingerprint density at radius 1 is 1.47 bits per heavy atom. The van der Waals surface area contributed by atoms with E-state index in [1.807, 2.05) is 18.7 Å². The molecule has 5 heteroatoms. The number of hydrogen-bond donors (Lipinski definition) is 2. The van der Waals surface area contributed by atoms with Crippen molar-refractivity contribution in [1.82, 2.24) is 15.1 Å². The molecule has 2 heterocycles. The lowest BCUT2D eigenvalue weighted by molar-refractivity contribution is 0.0874. The number of rotatable bonds is 3. The van der Waals surface area contributed by atoms with E-state index in [4.69, 9.17) is 11.6 Å². The van der Waals surface area contributed by atoms with Crippen LogP contribution < -0.4 is 5.32 Å². The molecule has 1 aliphatic rings. The van der Waals surface area contributed by atoms with Crippen LogP contribution in [0.1, 0.15) is 24.2 Å². The highest BCUT2D eigenvalue weighted by molar-refractivity contribution is 6.31. The molecule has 4 nitrogen and oxygen atoms in total. The Morgan fingerprint density at radius 2 is 2.12 bits per heavy atom. The summed E-state index contributed by atoms with van der Waals surface area (Å²) in [5, 5.41) is 18.1. The predicted molar refractivity (Wildman–Crippen MR) is 68.3 cm³/mol. The van der Waals surface area contributed by atoms with Crippen LogP contribution in [0.4, 0.5) is 0 Å². The highest BCUT2D eigenvalue weighted by Gasteiger charge is 2.33. The van der Waals surface area contributed by atoms with E-state index in [1.54, 1.807) is 0 Å². The smallest absolute Gasteiger partial charge is 0.0847 e. The summed E-state index contributed by atoms with van der Waals surface area (Å²) < 4.78 is 1.84. The summed E-state index contributed by atoms with van der Waals surface area (Å²) in [6, 6.07) is 0. The van der Waals surface area contributed by atoms with E-state index >= 15 is 0 Å². The Bertz CT molecular complexity index is 397. The van der Waals surface area contributed by atoms with Gasteiger partial charge in [0.25, 0.3) is 0 Å². The van der Waals surface area contributed by atoms with Crippen LogP contribution >= 0.6 is 11.6 Å². The van der Waals surface area contributed by atoms with Gasteiger partial charge in [-0.15, -0.1) is 0 Å². The minimum Gasteiger partial charge on any atom is -0.396 e. The van der Waals surface area contributed by atoms with Gasteiger partial charge in [0.05, 0.1) is 16.4 Å². The number of halogens is 1. The van der Waals surface area contributed by atoms with Gasteiger partial charge in [-0.25, -0.2) is 0 Å². The molecule has 0 saturated carbocycles. The first kappa shape index (κ1) is 12.9. The average molecular weight is 258 g/mol. The monoisotopic (exact) mass is 257 g/mol. The van der Waals surface area contributed by atoms with Gasteiger partial charge in [0.2, 0.25) is 0 Å². The Kier molecular flexibility index (Phi) is 3.76. The second-order valence-electron chi connectivity index (χ2n) is 5.05. The highest BCUT2D eigenvalue weighted by Crippen LogP contribution is 2.35. The van der Waals surface area contributed by atoms with Crippen molar-refractivity contribution in [3.63, 3.8) is 0 Å². The number of aryl methyl sites for hydroxylation is 2. The van der Waals surface area contributed by atoms with Crippen LogP contribution in [0, 0.1) is 12.3 Å². The third-order valence-corrected chi connectivity index (χ3v) is 4.30. The van der Waals surface area contributed by atoms with E-state index < -0.39 is 0 Å². The molecule has 1 fully saturated rings. The van der Waals surface area contributed by atoms with Crippen LogP contribution in [0.25, 0.3) is 0 Å². The highest BCUT2D eigenvalue weighted by atomic mass is 35.5. The zero-order valence-corrected chi connectivity index (χ0v) is 11.2. The summed E-state index contributed by atoms with van der Waals surface area (Å²) in [6.07, 6.45) is 2.79. The van der Waals surface area contributed by atoms with E-state index in [2.05, 4.69) is 10.4 Å². The molecule has 2 rings (SSSR count). The molecule has 1 aromatic rings. The van der Waals surface area contributed by atoms with Crippen molar-refractivity contribution in [1.29, 1.82) is 0 Å². The molecule has 1 saturated heterocycles. The lowest BCUT2D eigenvalue weighted by Crippen LogP contribution is -2.41. The van der Waals surface area contributed by atoms with Gasteiger partial charge >= 0.3 is 0 Å². The summed E-state index contributed by atoms with van der Waals surface area (Å²) in [5.74, 6) is 0. The van der Waals surface area contributed by atoms with Crippen LogP contribution in [0.5, 0.6) is 0 Å². The van der Waals surface area contributed by atoms with E-state index in [1.165, 1.54) is 0 Å². The van der Waals surface area contributed by atoms with Crippen molar-refractivity contribution >= 4 is 11.6 Å². The van der Waals surface area contributed by atoms with Crippen LogP contribution in [-0.4, -0.2) is 34.6 Å². The van der Waals surface area contributed by atoms with Crippen molar-refractivity contribution in [3.8, 4) is 0 Å². The maximum absolute atomic E-state index is 9.69. The summed E-state index contributed by atoms with van der Waals surface area (Å²) in [5.41, 5.74) is 1.88. The van der Waals surface area contributed by atoms with Crippen molar-refractivity contribution in [2.75, 3.05) is 19.7 Å². The van der Waals surface area contributed by atoms with Crippen molar-refractivity contribution < 1.29 is 5.11 Å². The normalized spacial score (nSPS) is 19.5. The third-order valence-electron chi connectivity index (χ3n) is 3.80. The topological polar surface area (TPSA) is 50.1 Å². The molecule has 0 aliphatic carbocycles. The molecular weight excluding hydrogens is 238 g/mol. The molecule has 0 bridgehead atoms. The van der Waals surface area contributed by atoms with E-state index in [9.17, 15) is 5.11 Å². The molecular formula is C12H20ClN3O. The minimum absolute atomic E-state index is 0.0326. The van der Waals surface area contributed by atoms with Gasteiger partial charge in [-0.3, -0.25) is 4.68 Å². The third kappa shape index (κ3) is 2.49. The van der Waals surface area contributed by atoms with Gasteiger partial charge in [0.1, 0.15) is 0 Å². The first-order valence-corrected chi connectivity index (χ1v) is 6.45. The SMILES string of the molecule is Cc1nn(C)c(CC2(CO)CCNCC2)c1Cl. The molecule has 2 N–H and O–H groups in total. The van der Waals surface area contributed by atoms with Gasteiger partial charge < -0.3 is 10.4 Å². The zero-order valence-electron chi connectivity index (χ0n) is 10.5. The minimum atomic E-state index is -0.0326. The summed E-state index contributed by atoms with van der Waals surface area (Å²) in [6.45, 7) is 4.07. The van der Waals surface area contributed by atoms with Crippen LogP contribution in [0.15, 0.2) is 0 Å². The van der Waals surface area contributed by atoms with E-state index in [-0.39, 0.29) is 12.0 Å². The van der Waals surface area contributed by atoms with Crippen molar-refractivity contribution in [3.05, 3.63) is 16.4 Å². The number of nitrogens with one attached hydrogen (secondary N) is 1. The summed E-state index contributed by atoms with van der Waals surface area (Å²) >= 11 is 6.27. The van der Waals surface area contributed by atoms with E-state index in [0.717, 1.165) is 48.8 Å². The van der Waals surface area contributed by atoms with Crippen LogP contribution in [0.3, 0.4) is 0 Å². The van der Waals surface area contributed by atoms with Gasteiger partial charge in [-0.05, 0) is 39.3 Å². The maximum Gasteiger partial charge on any atom is 0.0847 e. The molecule has 0 unspecified atom stereocenters. The quantitative estimate of drug-likeness (QED) is 0.858. The summed E-state index contributed by atoms with van der Waals surface area (Å²) in [7, 11) is 1.92. The van der Waals surface area contributed by atoms with Gasteiger partial charge in [0.15, 0.2) is 0 Å². The van der Waals surface area contributed by atoms with Crippen molar-refractivity contribution in [2.45, 2.75) is 26.2 Å². The van der Waals surface area contributed by atoms with Crippen LogP contribution in [-0.2, 0) is 13.5 Å². The number of aliphatic hydroxyl groups excluding tert-OH is 1. The van der Waals surface area contributed by atoms with Crippen molar-refractivity contribution in [2.24, 2.45) is 12.5 Å². The lowest BCUT2D eigenvalue weighted by atomic mass is 9.76. The second kappa shape index (κ2) is 4.96. The number of hydrogen-bond acceptors (Lipinski definition) is 3. The number of nitrogens with zero attached hydrogens (tertiary/aromatic N) is 2. The maximum atomic E-state index is 9.69. The second-order valence-corrected chi connectivity index (χ2v) is 5.43. The Labute approximate surface area is 107 Å². The molecule has 0 aromatic carbocycles. The van der Waals surface area contributed by atoms with Gasteiger partial charge in [-0.1, -0.05) is 11.6 Å². The number of aliphatic hydroxyl groups is 1. The van der Waals surface area contributed by atoms with E-state index in [0.29, 0.717) is 0 Å². The zero-order chi connectivity index (χ0) is 12.5. The molecule has 17 heavy (non-hydrogen) atoms. The standard InChI is InChI=1S/C12H20ClN3O/c1-9-11(13)10(16(2)15-9)7-12(8-17)3-5-14-6-4-12/h14,17H,3-8H2,1-2H3. The predicted octanol–water partition coefficient (Wildman–Crippen LogP) is 1.29. The molecule has 1 aromatic heterocycles. The largest absolute Gasteiger partial charge is 0.396 e. The average Bonchev–Trinajstić information content (AvgIpc) is 2.57.